The third-order valence-electron chi connectivity index (χ3n) is 3.07. The molecule has 0 aliphatic heterocycles. The Morgan fingerprint density at radius 2 is 1.70 bits per heavy atom. The maximum absolute atomic E-state index is 14.0. The van der Waals surface area contributed by atoms with E-state index in [9.17, 15) is 8.78 Å². The molecule has 0 heterocycles. The number of nitrogens with one attached hydrogen (secondary N) is 1. The molecule has 0 aliphatic carbocycles. The summed E-state index contributed by atoms with van der Waals surface area (Å²) in [6.07, 6.45) is 0. The van der Waals surface area contributed by atoms with Crippen molar-refractivity contribution in [3.8, 4) is 0 Å². The molecule has 0 radical (unpaired) electrons. The molecule has 106 valence electrons. The highest BCUT2D eigenvalue weighted by Crippen LogP contribution is 2.28. The van der Waals surface area contributed by atoms with Crippen molar-refractivity contribution in [2.24, 2.45) is 0 Å². The quantitative estimate of drug-likeness (QED) is 0.889. The first kappa shape index (κ1) is 14.3. The van der Waals surface area contributed by atoms with Crippen molar-refractivity contribution in [3.05, 3.63) is 60.2 Å². The minimum Gasteiger partial charge on any atom is -0.379 e. The minimum atomic E-state index is -2.89. The van der Waals surface area contributed by atoms with Crippen LogP contribution in [0.5, 0.6) is 0 Å². The summed E-state index contributed by atoms with van der Waals surface area (Å²) < 4.78 is 28.1. The van der Waals surface area contributed by atoms with Crippen LogP contribution in [0, 0.1) is 0 Å². The zero-order valence-electron chi connectivity index (χ0n) is 11.6. The molecule has 2 aromatic rings. The molecule has 4 heteroatoms. The van der Waals surface area contributed by atoms with Gasteiger partial charge in [-0.1, -0.05) is 36.4 Å². The Kier molecular flexibility index (Phi) is 4.23. The molecule has 0 fully saturated rings. The summed E-state index contributed by atoms with van der Waals surface area (Å²) in [4.78, 5) is 1.93. The molecule has 2 rings (SSSR count). The van der Waals surface area contributed by atoms with Crippen LogP contribution in [-0.4, -0.2) is 20.6 Å². The molecule has 0 bridgehead atoms. The van der Waals surface area contributed by atoms with Crippen LogP contribution >= 0.6 is 0 Å². The van der Waals surface area contributed by atoms with Crippen LogP contribution in [-0.2, 0) is 5.92 Å². The highest BCUT2D eigenvalue weighted by molar-refractivity contribution is 5.57. The minimum absolute atomic E-state index is 0.0243. The first-order valence-electron chi connectivity index (χ1n) is 6.44. The average molecular weight is 276 g/mol. The smallest absolute Gasteiger partial charge is 0.290 e. The summed E-state index contributed by atoms with van der Waals surface area (Å²) in [5.74, 6) is -2.89. The van der Waals surface area contributed by atoms with Crippen molar-refractivity contribution in [2.75, 3.05) is 30.9 Å². The number of anilines is 2. The third-order valence-corrected chi connectivity index (χ3v) is 3.07. The average Bonchev–Trinajstić information content (AvgIpc) is 2.46. The van der Waals surface area contributed by atoms with Gasteiger partial charge in [0, 0.05) is 31.0 Å². The lowest BCUT2D eigenvalue weighted by molar-refractivity contribution is 0.0106. The van der Waals surface area contributed by atoms with E-state index in [-0.39, 0.29) is 5.56 Å². The van der Waals surface area contributed by atoms with Gasteiger partial charge in [0.2, 0.25) is 0 Å². The largest absolute Gasteiger partial charge is 0.379 e. The number of alkyl halides is 2. The normalized spacial score (nSPS) is 11.2. The first-order valence-corrected chi connectivity index (χ1v) is 6.44. The van der Waals surface area contributed by atoms with Crippen molar-refractivity contribution < 1.29 is 8.78 Å². The highest BCUT2D eigenvalue weighted by atomic mass is 19.3. The maximum Gasteiger partial charge on any atom is 0.290 e. The summed E-state index contributed by atoms with van der Waals surface area (Å²) in [5, 5.41) is 2.80. The zero-order valence-corrected chi connectivity index (χ0v) is 11.6. The Bertz CT molecular complexity index is 553. The number of hydrogen-bond donors (Lipinski definition) is 1. The molecule has 0 amide bonds. The second kappa shape index (κ2) is 5.90. The molecular weight excluding hydrogens is 258 g/mol. The van der Waals surface area contributed by atoms with Crippen molar-refractivity contribution in [1.82, 2.24) is 0 Å². The number of rotatable bonds is 5. The molecule has 0 spiro atoms. The Morgan fingerprint density at radius 1 is 1.00 bits per heavy atom. The predicted molar refractivity (Wildman–Crippen MR) is 79.6 cm³/mol. The van der Waals surface area contributed by atoms with Crippen LogP contribution in [0.1, 0.15) is 5.56 Å². The van der Waals surface area contributed by atoms with Crippen LogP contribution in [0.4, 0.5) is 20.2 Å². The fourth-order valence-electron chi connectivity index (χ4n) is 1.89. The lowest BCUT2D eigenvalue weighted by Gasteiger charge is -2.19. The molecule has 20 heavy (non-hydrogen) atoms. The molecule has 0 saturated carbocycles. The molecule has 0 saturated heterocycles. The summed E-state index contributed by atoms with van der Waals surface area (Å²) >= 11 is 0. The first-order chi connectivity index (χ1) is 9.49. The van der Waals surface area contributed by atoms with E-state index in [1.54, 1.807) is 24.3 Å². The number of benzene rings is 2. The van der Waals surface area contributed by atoms with Crippen LogP contribution in [0.25, 0.3) is 0 Å². The number of hydrogen-bond acceptors (Lipinski definition) is 2. The third kappa shape index (κ3) is 3.47. The van der Waals surface area contributed by atoms with Crippen LogP contribution in [0.2, 0.25) is 0 Å². The van der Waals surface area contributed by atoms with Gasteiger partial charge in [0.25, 0.3) is 5.92 Å². The Labute approximate surface area is 118 Å². The lowest BCUT2D eigenvalue weighted by Crippen LogP contribution is -2.24. The molecule has 1 N–H and O–H groups in total. The Morgan fingerprint density at radius 3 is 2.35 bits per heavy atom. The van der Waals surface area contributed by atoms with Crippen molar-refractivity contribution in [2.45, 2.75) is 5.92 Å². The van der Waals surface area contributed by atoms with Gasteiger partial charge in [0.05, 0.1) is 6.54 Å². The van der Waals surface area contributed by atoms with E-state index >= 15 is 0 Å². The molecule has 0 atom stereocenters. The van der Waals surface area contributed by atoms with Crippen LogP contribution < -0.4 is 10.2 Å². The second-order valence-electron chi connectivity index (χ2n) is 4.87. The molecule has 0 aliphatic rings. The van der Waals surface area contributed by atoms with Gasteiger partial charge in [-0.25, -0.2) is 0 Å². The van der Waals surface area contributed by atoms with Crippen molar-refractivity contribution in [1.29, 1.82) is 0 Å². The van der Waals surface area contributed by atoms with E-state index in [0.717, 1.165) is 5.69 Å². The van der Waals surface area contributed by atoms with Gasteiger partial charge < -0.3 is 10.2 Å². The number of halogens is 2. The summed E-state index contributed by atoms with van der Waals surface area (Å²) in [6, 6.07) is 15.3. The van der Waals surface area contributed by atoms with Crippen molar-refractivity contribution in [3.63, 3.8) is 0 Å². The summed E-state index contributed by atoms with van der Waals surface area (Å²) in [7, 11) is 3.83. The summed E-state index contributed by atoms with van der Waals surface area (Å²) in [5.41, 5.74) is 1.68. The van der Waals surface area contributed by atoms with Gasteiger partial charge >= 0.3 is 0 Å². The topological polar surface area (TPSA) is 15.3 Å². The highest BCUT2D eigenvalue weighted by Gasteiger charge is 2.30. The van der Waals surface area contributed by atoms with Crippen LogP contribution in [0.15, 0.2) is 54.6 Å². The Hall–Kier alpha value is -2.10. The number of nitrogens with zero attached hydrogens (tertiary/aromatic N) is 1. The van der Waals surface area contributed by atoms with E-state index in [4.69, 9.17) is 0 Å². The Balaban J connectivity index is 2.06. The standard InChI is InChI=1S/C16H18F2N2/c1-20(2)15-10-6-9-14(11-15)19-12-16(17,18)13-7-4-3-5-8-13/h3-11,19H,12H2,1-2H3. The van der Waals surface area contributed by atoms with Gasteiger partial charge in [-0.3, -0.25) is 0 Å². The molecular formula is C16H18F2N2. The van der Waals surface area contributed by atoms with Gasteiger partial charge in [-0.15, -0.1) is 0 Å². The van der Waals surface area contributed by atoms with Crippen molar-refractivity contribution >= 4 is 11.4 Å². The van der Waals surface area contributed by atoms with Gasteiger partial charge in [-0.05, 0) is 18.2 Å². The van der Waals surface area contributed by atoms with E-state index in [1.165, 1.54) is 12.1 Å². The molecule has 0 aromatic heterocycles. The van der Waals surface area contributed by atoms with E-state index in [2.05, 4.69) is 5.32 Å². The van der Waals surface area contributed by atoms with E-state index in [1.807, 2.05) is 37.2 Å². The van der Waals surface area contributed by atoms with E-state index in [0.29, 0.717) is 5.69 Å². The summed E-state index contributed by atoms with van der Waals surface area (Å²) in [6.45, 7) is -0.423. The second-order valence-corrected chi connectivity index (χ2v) is 4.87. The van der Waals surface area contributed by atoms with Gasteiger partial charge in [-0.2, -0.15) is 8.78 Å². The maximum atomic E-state index is 14.0. The molecule has 2 nitrogen and oxygen atoms in total. The van der Waals surface area contributed by atoms with Gasteiger partial charge in [0.15, 0.2) is 0 Å². The fraction of sp³-hybridized carbons (Fsp3) is 0.250. The fourth-order valence-corrected chi connectivity index (χ4v) is 1.89. The molecule has 2 aromatic carbocycles. The monoisotopic (exact) mass is 276 g/mol. The SMILES string of the molecule is CN(C)c1cccc(NCC(F)(F)c2ccccc2)c1. The van der Waals surface area contributed by atoms with E-state index < -0.39 is 12.5 Å². The lowest BCUT2D eigenvalue weighted by atomic mass is 10.1. The van der Waals surface area contributed by atoms with Crippen LogP contribution in [0.3, 0.4) is 0 Å². The van der Waals surface area contributed by atoms with Gasteiger partial charge in [0.1, 0.15) is 0 Å². The molecule has 0 unspecified atom stereocenters. The predicted octanol–water partition coefficient (Wildman–Crippen LogP) is 3.96. The zero-order chi connectivity index (χ0) is 14.6.